The quantitative estimate of drug-likeness (QED) is 0.208. The minimum Gasteiger partial charge on any atom is -0.462 e. The third-order valence-electron chi connectivity index (χ3n) is 6.42. The number of ether oxygens (including phenoxy) is 2. The summed E-state index contributed by atoms with van der Waals surface area (Å²) in [5, 5.41) is 0. The second-order valence-electron chi connectivity index (χ2n) is 9.68. The molecule has 0 radical (unpaired) electrons. The fourth-order valence-electron chi connectivity index (χ4n) is 3.94. The first-order valence-electron chi connectivity index (χ1n) is 13.7. The molecule has 0 rings (SSSR count). The molecule has 0 atom stereocenters. The van der Waals surface area contributed by atoms with Crippen LogP contribution in [-0.2, 0) is 19.1 Å². The van der Waals surface area contributed by atoms with Crippen LogP contribution >= 0.6 is 0 Å². The number of hydrogen-bond donors (Lipinski definition) is 0. The lowest BCUT2D eigenvalue weighted by molar-refractivity contribution is -0.150. The Labute approximate surface area is 210 Å². The Morgan fingerprint density at radius 1 is 0.529 bits per heavy atom. The maximum absolute atomic E-state index is 11.9. The molecule has 7 nitrogen and oxygen atoms in total. The van der Waals surface area contributed by atoms with E-state index in [1.807, 2.05) is 0 Å². The molecule has 0 aromatic carbocycles. The third-order valence-corrected chi connectivity index (χ3v) is 6.42. The molecular formula is C27H55N3O4. The lowest BCUT2D eigenvalue weighted by Crippen LogP contribution is -2.29. The Morgan fingerprint density at radius 2 is 0.794 bits per heavy atom. The molecule has 0 saturated carbocycles. The monoisotopic (exact) mass is 485 g/mol. The normalized spacial score (nSPS) is 11.9. The van der Waals surface area contributed by atoms with E-state index in [0.717, 1.165) is 90.6 Å². The molecule has 0 aromatic rings. The first-order valence-corrected chi connectivity index (χ1v) is 13.7. The van der Waals surface area contributed by atoms with Crippen LogP contribution in [0.15, 0.2) is 0 Å². The summed E-state index contributed by atoms with van der Waals surface area (Å²) in [5.41, 5.74) is 0. The first kappa shape index (κ1) is 32.8. The van der Waals surface area contributed by atoms with Crippen LogP contribution < -0.4 is 0 Å². The Hall–Kier alpha value is -1.18. The molecule has 0 aromatic heterocycles. The molecule has 0 N–H and O–H groups in total. The van der Waals surface area contributed by atoms with Crippen LogP contribution in [0.1, 0.15) is 91.9 Å². The number of rotatable bonds is 22. The topological polar surface area (TPSA) is 62.3 Å². The highest BCUT2D eigenvalue weighted by Gasteiger charge is 2.12. The fraction of sp³-hybridized carbons (Fsp3) is 0.926. The Balaban J connectivity index is 3.74. The molecule has 0 saturated heterocycles. The molecule has 0 aliphatic rings. The van der Waals surface area contributed by atoms with E-state index in [0.29, 0.717) is 12.8 Å². The first-order chi connectivity index (χ1) is 16.2. The summed E-state index contributed by atoms with van der Waals surface area (Å²) in [4.78, 5) is 30.8. The Bertz CT molecular complexity index is 466. The summed E-state index contributed by atoms with van der Waals surface area (Å²) >= 11 is 0. The van der Waals surface area contributed by atoms with Gasteiger partial charge in [-0.1, -0.05) is 27.7 Å². The van der Waals surface area contributed by atoms with Crippen LogP contribution in [0.3, 0.4) is 0 Å². The average Bonchev–Trinajstić information content (AvgIpc) is 2.80. The predicted molar refractivity (Wildman–Crippen MR) is 141 cm³/mol. The zero-order chi connectivity index (χ0) is 25.8. The molecule has 0 fully saturated rings. The zero-order valence-corrected chi connectivity index (χ0v) is 23.4. The molecule has 7 heteroatoms. The second-order valence-corrected chi connectivity index (χ2v) is 9.68. The van der Waals surface area contributed by atoms with E-state index in [1.165, 1.54) is 0 Å². The SMILES string of the molecule is CCC(CC)OC(=O)CCCN(C)CCCN(C)CCCN(C)CCCC(=O)OC(CC)CC. The highest BCUT2D eigenvalue weighted by atomic mass is 16.5. The van der Waals surface area contributed by atoms with Crippen molar-refractivity contribution < 1.29 is 19.1 Å². The van der Waals surface area contributed by atoms with Crippen molar-refractivity contribution in [3.05, 3.63) is 0 Å². The molecule has 0 bridgehead atoms. The summed E-state index contributed by atoms with van der Waals surface area (Å²) in [5.74, 6) is -0.123. The molecule has 34 heavy (non-hydrogen) atoms. The van der Waals surface area contributed by atoms with Gasteiger partial charge in [-0.15, -0.1) is 0 Å². The highest BCUT2D eigenvalue weighted by Crippen LogP contribution is 2.07. The number of nitrogens with zero attached hydrogens (tertiary/aromatic N) is 3. The fourth-order valence-corrected chi connectivity index (χ4v) is 3.94. The van der Waals surface area contributed by atoms with Crippen molar-refractivity contribution >= 4 is 11.9 Å². The molecule has 202 valence electrons. The summed E-state index contributed by atoms with van der Waals surface area (Å²) in [7, 11) is 6.44. The summed E-state index contributed by atoms with van der Waals surface area (Å²) in [6, 6.07) is 0. The van der Waals surface area contributed by atoms with Crippen LogP contribution in [0.2, 0.25) is 0 Å². The van der Waals surface area contributed by atoms with E-state index in [4.69, 9.17) is 9.47 Å². The standard InChI is InChI=1S/C27H55N3O4/c1-8-24(9-2)33-26(31)16-12-18-28(5)20-14-22-30(7)23-15-21-29(6)19-13-17-27(32)34-25(10-3)11-4/h24-25H,8-23H2,1-7H3. The average molecular weight is 486 g/mol. The van der Waals surface area contributed by atoms with Crippen molar-refractivity contribution in [1.29, 1.82) is 0 Å². The van der Waals surface area contributed by atoms with Crippen molar-refractivity contribution in [2.24, 2.45) is 0 Å². The van der Waals surface area contributed by atoms with Gasteiger partial charge in [0.2, 0.25) is 0 Å². The van der Waals surface area contributed by atoms with Crippen molar-refractivity contribution in [3.63, 3.8) is 0 Å². The van der Waals surface area contributed by atoms with Gasteiger partial charge in [-0.2, -0.15) is 0 Å². The Kier molecular flexibility index (Phi) is 20.4. The maximum Gasteiger partial charge on any atom is 0.306 e. The second kappa shape index (κ2) is 21.1. The van der Waals surface area contributed by atoms with Gasteiger partial charge in [-0.25, -0.2) is 0 Å². The lowest BCUT2D eigenvalue weighted by Gasteiger charge is -2.22. The van der Waals surface area contributed by atoms with Gasteiger partial charge in [0.25, 0.3) is 0 Å². The van der Waals surface area contributed by atoms with Crippen LogP contribution in [0.4, 0.5) is 0 Å². The van der Waals surface area contributed by atoms with Crippen LogP contribution in [-0.4, -0.2) is 99.3 Å². The third kappa shape index (κ3) is 18.2. The minimum atomic E-state index is -0.0617. The summed E-state index contributed by atoms with van der Waals surface area (Å²) in [6.45, 7) is 14.3. The molecule has 0 aliphatic carbocycles. The molecular weight excluding hydrogens is 430 g/mol. The van der Waals surface area contributed by atoms with Crippen LogP contribution in [0.25, 0.3) is 0 Å². The van der Waals surface area contributed by atoms with Crippen molar-refractivity contribution in [2.75, 3.05) is 60.4 Å². The van der Waals surface area contributed by atoms with E-state index < -0.39 is 0 Å². The van der Waals surface area contributed by atoms with E-state index in [9.17, 15) is 9.59 Å². The van der Waals surface area contributed by atoms with Crippen LogP contribution in [0.5, 0.6) is 0 Å². The van der Waals surface area contributed by atoms with E-state index in [2.05, 4.69) is 63.5 Å². The molecule has 0 spiro atoms. The number of carbonyl (C=O) groups is 2. The van der Waals surface area contributed by atoms with Crippen LogP contribution in [0, 0.1) is 0 Å². The summed E-state index contributed by atoms with van der Waals surface area (Å²) in [6.07, 6.45) is 8.68. The van der Waals surface area contributed by atoms with Gasteiger partial charge >= 0.3 is 11.9 Å². The maximum atomic E-state index is 11.9. The minimum absolute atomic E-state index is 0.0617. The van der Waals surface area contributed by atoms with E-state index >= 15 is 0 Å². The van der Waals surface area contributed by atoms with Crippen molar-refractivity contribution in [2.45, 2.75) is 104 Å². The van der Waals surface area contributed by atoms with Gasteiger partial charge in [0.05, 0.1) is 0 Å². The number of hydrogen-bond acceptors (Lipinski definition) is 7. The van der Waals surface area contributed by atoms with Gasteiger partial charge < -0.3 is 24.2 Å². The van der Waals surface area contributed by atoms with Crippen molar-refractivity contribution in [3.8, 4) is 0 Å². The lowest BCUT2D eigenvalue weighted by atomic mass is 10.2. The van der Waals surface area contributed by atoms with E-state index in [1.54, 1.807) is 0 Å². The zero-order valence-electron chi connectivity index (χ0n) is 23.4. The number of esters is 2. The number of carbonyl (C=O) groups excluding carboxylic acids is 2. The predicted octanol–water partition coefficient (Wildman–Crippen LogP) is 4.59. The van der Waals surface area contributed by atoms with Gasteiger partial charge in [-0.05, 0) is 112 Å². The van der Waals surface area contributed by atoms with Gasteiger partial charge in [0.15, 0.2) is 0 Å². The smallest absolute Gasteiger partial charge is 0.306 e. The largest absolute Gasteiger partial charge is 0.462 e. The van der Waals surface area contributed by atoms with E-state index in [-0.39, 0.29) is 24.1 Å². The molecule has 0 unspecified atom stereocenters. The molecule has 0 aliphatic heterocycles. The van der Waals surface area contributed by atoms with Gasteiger partial charge in [0.1, 0.15) is 12.2 Å². The molecule has 0 heterocycles. The Morgan fingerprint density at radius 3 is 1.06 bits per heavy atom. The highest BCUT2D eigenvalue weighted by molar-refractivity contribution is 5.69. The van der Waals surface area contributed by atoms with Gasteiger partial charge in [0, 0.05) is 12.8 Å². The van der Waals surface area contributed by atoms with Crippen molar-refractivity contribution in [1.82, 2.24) is 14.7 Å². The molecule has 0 amide bonds. The van der Waals surface area contributed by atoms with Gasteiger partial charge in [-0.3, -0.25) is 9.59 Å². The summed E-state index contributed by atoms with van der Waals surface area (Å²) < 4.78 is 10.9.